The Hall–Kier alpha value is -3.71. The first-order valence-corrected chi connectivity index (χ1v) is 12.6. The van der Waals surface area contributed by atoms with Crippen LogP contribution in [0.5, 0.6) is 17.2 Å². The van der Waals surface area contributed by atoms with E-state index in [9.17, 15) is 4.79 Å². The monoisotopic (exact) mass is 485 g/mol. The maximum Gasteiger partial charge on any atom is 0.417 e. The van der Waals surface area contributed by atoms with Gasteiger partial charge in [0, 0.05) is 43.0 Å². The fourth-order valence-electron chi connectivity index (χ4n) is 5.97. The molecule has 3 aliphatic heterocycles. The van der Waals surface area contributed by atoms with Gasteiger partial charge in [0.1, 0.15) is 19.0 Å². The minimum Gasteiger partial charge on any atom is -0.486 e. The van der Waals surface area contributed by atoms with Crippen molar-refractivity contribution < 1.29 is 19.0 Å². The highest BCUT2D eigenvalue weighted by molar-refractivity contribution is 5.87. The van der Waals surface area contributed by atoms with E-state index in [1.807, 2.05) is 12.1 Å². The molecule has 3 aromatic rings. The van der Waals surface area contributed by atoms with Gasteiger partial charge in [0.05, 0.1) is 6.17 Å². The summed E-state index contributed by atoms with van der Waals surface area (Å²) in [5, 5.41) is 2.80. The van der Waals surface area contributed by atoms with Crippen molar-refractivity contribution in [3.63, 3.8) is 0 Å². The third kappa shape index (κ3) is 4.03. The van der Waals surface area contributed by atoms with Gasteiger partial charge in [-0.25, -0.2) is 4.79 Å². The number of carbonyl (C=O) groups is 1. The number of nitrogens with one attached hydrogen (secondary N) is 1. The third-order valence-electron chi connectivity index (χ3n) is 7.69. The molecule has 6 rings (SSSR count). The second-order valence-corrected chi connectivity index (χ2v) is 9.98. The van der Waals surface area contributed by atoms with Gasteiger partial charge in [0.15, 0.2) is 11.5 Å². The first-order valence-electron chi connectivity index (χ1n) is 12.6. The molecule has 1 fully saturated rings. The molecule has 186 valence electrons. The molecule has 0 radical (unpaired) electrons. The summed E-state index contributed by atoms with van der Waals surface area (Å²) in [6.45, 7) is 5.42. The van der Waals surface area contributed by atoms with Crippen LogP contribution in [-0.4, -0.2) is 50.5 Å². The van der Waals surface area contributed by atoms with E-state index >= 15 is 0 Å². The van der Waals surface area contributed by atoms with Gasteiger partial charge in [-0.15, -0.1) is 0 Å². The standard InChI is InChI=1S/C29H31N3O4/c1-29-13-15-32(14-12-20-6-4-3-5-7-20)27(29)31(2)24-10-9-22(19-23(24)29)36-28(33)30-21-8-11-25-26(18-21)35-17-16-34-25/h3-11,18-19,27H,12-17H2,1-2H3,(H,30,33)/t27?,29-/m0/s1. The van der Waals surface area contributed by atoms with Gasteiger partial charge in [-0.1, -0.05) is 37.3 Å². The van der Waals surface area contributed by atoms with E-state index in [-0.39, 0.29) is 11.6 Å². The molecule has 3 aromatic carbocycles. The summed E-state index contributed by atoms with van der Waals surface area (Å²) in [7, 11) is 2.17. The van der Waals surface area contributed by atoms with Gasteiger partial charge in [0.2, 0.25) is 0 Å². The van der Waals surface area contributed by atoms with Crippen molar-refractivity contribution in [3.05, 3.63) is 77.9 Å². The number of fused-ring (bicyclic) bond motifs is 4. The van der Waals surface area contributed by atoms with Crippen LogP contribution < -0.4 is 24.4 Å². The van der Waals surface area contributed by atoms with Crippen molar-refractivity contribution >= 4 is 17.5 Å². The number of anilines is 2. The second-order valence-electron chi connectivity index (χ2n) is 9.98. The molecule has 1 saturated heterocycles. The van der Waals surface area contributed by atoms with E-state index in [1.54, 1.807) is 18.2 Å². The summed E-state index contributed by atoms with van der Waals surface area (Å²) in [6.07, 6.45) is 1.86. The zero-order valence-corrected chi connectivity index (χ0v) is 20.7. The minimum absolute atomic E-state index is 0.0214. The maximum atomic E-state index is 12.7. The van der Waals surface area contributed by atoms with Crippen LogP contribution in [0.15, 0.2) is 66.7 Å². The summed E-state index contributed by atoms with van der Waals surface area (Å²) in [5.41, 5.74) is 4.38. The highest BCUT2D eigenvalue weighted by Crippen LogP contribution is 2.52. The topological polar surface area (TPSA) is 63.3 Å². The predicted octanol–water partition coefficient (Wildman–Crippen LogP) is 5.05. The number of likely N-dealkylation sites (tertiary alicyclic amines) is 1. The van der Waals surface area contributed by atoms with E-state index in [0.717, 1.165) is 25.9 Å². The lowest BCUT2D eigenvalue weighted by Crippen LogP contribution is -2.47. The molecule has 1 amide bonds. The molecule has 1 N–H and O–H groups in total. The molecule has 7 nitrogen and oxygen atoms in total. The lowest BCUT2D eigenvalue weighted by atomic mass is 9.81. The normalized spacial score (nSPS) is 22.2. The Bertz CT molecular complexity index is 1280. The molecular formula is C29H31N3O4. The number of benzene rings is 3. The molecule has 0 bridgehead atoms. The number of hydrogen-bond donors (Lipinski definition) is 1. The largest absolute Gasteiger partial charge is 0.486 e. The van der Waals surface area contributed by atoms with Gasteiger partial charge in [-0.05, 0) is 54.3 Å². The smallest absolute Gasteiger partial charge is 0.417 e. The molecule has 36 heavy (non-hydrogen) atoms. The molecular weight excluding hydrogens is 454 g/mol. The van der Waals surface area contributed by atoms with Crippen molar-refractivity contribution in [1.82, 2.24) is 4.90 Å². The van der Waals surface area contributed by atoms with Crippen LogP contribution in [0.25, 0.3) is 0 Å². The average molecular weight is 486 g/mol. The van der Waals surface area contributed by atoms with E-state index in [0.29, 0.717) is 36.1 Å². The van der Waals surface area contributed by atoms with E-state index < -0.39 is 6.09 Å². The highest BCUT2D eigenvalue weighted by Gasteiger charge is 2.53. The van der Waals surface area contributed by atoms with Crippen LogP contribution in [0.4, 0.5) is 16.2 Å². The number of rotatable bonds is 5. The number of carbonyl (C=O) groups excluding carboxylic acids is 1. The first-order chi connectivity index (χ1) is 17.5. The fourth-order valence-corrected chi connectivity index (χ4v) is 5.97. The first kappa shape index (κ1) is 22.7. The summed E-state index contributed by atoms with van der Waals surface area (Å²) in [6, 6.07) is 22.0. The molecule has 0 aliphatic carbocycles. The molecule has 3 aliphatic rings. The molecule has 0 aromatic heterocycles. The van der Waals surface area contributed by atoms with E-state index in [2.05, 4.69) is 65.5 Å². The van der Waals surface area contributed by atoms with Crippen molar-refractivity contribution in [2.45, 2.75) is 31.3 Å². The van der Waals surface area contributed by atoms with Crippen molar-refractivity contribution in [1.29, 1.82) is 0 Å². The van der Waals surface area contributed by atoms with Gasteiger partial charge >= 0.3 is 6.09 Å². The Morgan fingerprint density at radius 2 is 1.86 bits per heavy atom. The van der Waals surface area contributed by atoms with E-state index in [4.69, 9.17) is 14.2 Å². The van der Waals surface area contributed by atoms with Crippen LogP contribution in [0, 0.1) is 0 Å². The quantitative estimate of drug-likeness (QED) is 0.546. The highest BCUT2D eigenvalue weighted by atomic mass is 16.6. The Morgan fingerprint density at radius 1 is 1.06 bits per heavy atom. The molecule has 3 heterocycles. The molecule has 0 saturated carbocycles. The van der Waals surface area contributed by atoms with E-state index in [1.165, 1.54) is 16.8 Å². The number of ether oxygens (including phenoxy) is 3. The summed E-state index contributed by atoms with van der Waals surface area (Å²) in [4.78, 5) is 17.6. The Kier molecular flexibility index (Phi) is 5.72. The number of amides is 1. The number of hydrogen-bond acceptors (Lipinski definition) is 6. The Balaban J connectivity index is 1.15. The Labute approximate surface area is 211 Å². The number of likely N-dealkylation sites (N-methyl/N-ethyl adjacent to an activating group) is 1. The van der Waals surface area contributed by atoms with Crippen LogP contribution in [-0.2, 0) is 11.8 Å². The SMILES string of the molecule is CN1c2ccc(OC(=O)Nc3ccc4c(c3)OCCO4)cc2[C@]2(C)CCN(CCc3ccccc3)C12. The average Bonchev–Trinajstić information content (AvgIpc) is 3.34. The number of nitrogens with zero attached hydrogens (tertiary/aromatic N) is 2. The second kappa shape index (κ2) is 9.06. The lowest BCUT2D eigenvalue weighted by Gasteiger charge is -2.34. The lowest BCUT2D eigenvalue weighted by molar-refractivity contribution is 0.171. The Morgan fingerprint density at radius 3 is 2.69 bits per heavy atom. The van der Waals surface area contributed by atoms with Crippen LogP contribution >= 0.6 is 0 Å². The van der Waals surface area contributed by atoms with Crippen molar-refractivity contribution in [3.8, 4) is 17.2 Å². The van der Waals surface area contributed by atoms with Crippen molar-refractivity contribution in [2.75, 3.05) is 43.6 Å². The van der Waals surface area contributed by atoms with Gasteiger partial charge in [0.25, 0.3) is 0 Å². The van der Waals surface area contributed by atoms with Crippen LogP contribution in [0.3, 0.4) is 0 Å². The minimum atomic E-state index is -0.532. The third-order valence-corrected chi connectivity index (χ3v) is 7.69. The van der Waals surface area contributed by atoms with Crippen molar-refractivity contribution in [2.24, 2.45) is 0 Å². The molecule has 0 spiro atoms. The molecule has 7 heteroatoms. The summed E-state index contributed by atoms with van der Waals surface area (Å²) in [5.74, 6) is 1.85. The molecule has 2 atom stereocenters. The molecule has 1 unspecified atom stereocenters. The van der Waals surface area contributed by atoms with Crippen LogP contribution in [0.1, 0.15) is 24.5 Å². The fraction of sp³-hybridized carbons (Fsp3) is 0.345. The van der Waals surface area contributed by atoms with Gasteiger partial charge < -0.3 is 19.1 Å². The van der Waals surface area contributed by atoms with Crippen LogP contribution in [0.2, 0.25) is 0 Å². The predicted molar refractivity (Wildman–Crippen MR) is 139 cm³/mol. The van der Waals surface area contributed by atoms with Gasteiger partial charge in [-0.2, -0.15) is 0 Å². The maximum absolute atomic E-state index is 12.7. The zero-order valence-electron chi connectivity index (χ0n) is 20.7. The summed E-state index contributed by atoms with van der Waals surface area (Å²) >= 11 is 0. The van der Waals surface area contributed by atoms with Gasteiger partial charge in [-0.3, -0.25) is 10.2 Å². The summed E-state index contributed by atoms with van der Waals surface area (Å²) < 4.78 is 16.8. The zero-order chi connectivity index (χ0) is 24.7.